The number of amides is 1. The van der Waals surface area contributed by atoms with Crippen LogP contribution in [0.25, 0.3) is 16.2 Å². The number of aryl methyl sites for hydroxylation is 1. The quantitative estimate of drug-likeness (QED) is 0.163. The lowest BCUT2D eigenvalue weighted by molar-refractivity contribution is -0.123. The number of thioether (sulfide) groups is 1. The fourth-order valence-corrected chi connectivity index (χ4v) is 6.65. The third-order valence-corrected chi connectivity index (χ3v) is 8.66. The third-order valence-electron chi connectivity index (χ3n) is 5.64. The van der Waals surface area contributed by atoms with Crippen molar-refractivity contribution < 1.29 is 19.1 Å². The van der Waals surface area contributed by atoms with Crippen molar-refractivity contribution in [1.82, 2.24) is 4.90 Å². The van der Waals surface area contributed by atoms with Gasteiger partial charge < -0.3 is 9.47 Å². The highest BCUT2D eigenvalue weighted by atomic mass is 35.5. The van der Waals surface area contributed by atoms with Crippen LogP contribution in [0.5, 0.6) is 5.75 Å². The third kappa shape index (κ3) is 4.78. The molecule has 34 heavy (non-hydrogen) atoms. The topological polar surface area (TPSA) is 55.8 Å². The highest BCUT2D eigenvalue weighted by Gasteiger charge is 2.34. The van der Waals surface area contributed by atoms with E-state index in [9.17, 15) is 9.59 Å². The maximum atomic E-state index is 12.8. The number of thiophene rings is 1. The first kappa shape index (κ1) is 23.5. The molecule has 2 fully saturated rings. The van der Waals surface area contributed by atoms with E-state index in [0.29, 0.717) is 31.4 Å². The predicted molar refractivity (Wildman–Crippen MR) is 142 cm³/mol. The Labute approximate surface area is 215 Å². The lowest BCUT2D eigenvalue weighted by atomic mass is 10.2. The smallest absolute Gasteiger partial charge is 0.355 e. The first-order chi connectivity index (χ1) is 16.4. The van der Waals surface area contributed by atoms with Crippen LogP contribution in [0.15, 0.2) is 47.4 Å². The summed E-state index contributed by atoms with van der Waals surface area (Å²) in [5.74, 6) is -0.194. The Morgan fingerprint density at radius 2 is 2.09 bits per heavy atom. The summed E-state index contributed by atoms with van der Waals surface area (Å²) in [6, 6.07) is 12.9. The molecule has 2 aliphatic rings. The molecule has 2 aliphatic heterocycles. The Hall–Kier alpha value is -2.23. The molecular weight excluding hydrogens is 510 g/mol. The molecule has 1 amide bonds. The van der Waals surface area contributed by atoms with E-state index in [0.717, 1.165) is 40.7 Å². The molecule has 0 radical (unpaired) electrons. The van der Waals surface area contributed by atoms with Gasteiger partial charge in [-0.25, -0.2) is 4.79 Å². The van der Waals surface area contributed by atoms with E-state index < -0.39 is 5.97 Å². The van der Waals surface area contributed by atoms with Crippen LogP contribution in [-0.4, -0.2) is 40.4 Å². The van der Waals surface area contributed by atoms with Crippen molar-refractivity contribution in [2.45, 2.75) is 25.9 Å². The molecule has 1 aromatic heterocycles. The molecule has 0 spiro atoms. The Morgan fingerprint density at radius 3 is 2.82 bits per heavy atom. The van der Waals surface area contributed by atoms with Crippen molar-refractivity contribution in [2.75, 3.05) is 13.2 Å². The van der Waals surface area contributed by atoms with Crippen LogP contribution in [0.3, 0.4) is 0 Å². The van der Waals surface area contributed by atoms with Gasteiger partial charge in [0.2, 0.25) is 0 Å². The van der Waals surface area contributed by atoms with Crippen molar-refractivity contribution in [3.63, 3.8) is 0 Å². The van der Waals surface area contributed by atoms with Gasteiger partial charge in [-0.1, -0.05) is 59.8 Å². The zero-order valence-corrected chi connectivity index (χ0v) is 21.4. The van der Waals surface area contributed by atoms with Crippen molar-refractivity contribution in [2.24, 2.45) is 0 Å². The van der Waals surface area contributed by atoms with Gasteiger partial charge in [-0.3, -0.25) is 9.69 Å². The zero-order chi connectivity index (χ0) is 23.8. The number of carbonyl (C=O) groups is 2. The minimum Gasteiger partial charge on any atom is -0.422 e. The molecular formula is C25H20ClNO4S3. The number of thiocarbonyl (C=S) groups is 1. The summed E-state index contributed by atoms with van der Waals surface area (Å²) < 4.78 is 12.7. The van der Waals surface area contributed by atoms with E-state index in [1.807, 2.05) is 25.1 Å². The fourth-order valence-electron chi connectivity index (χ4n) is 3.89. The van der Waals surface area contributed by atoms with Gasteiger partial charge in [0.05, 0.1) is 22.6 Å². The van der Waals surface area contributed by atoms with Gasteiger partial charge >= 0.3 is 5.97 Å². The van der Waals surface area contributed by atoms with Crippen LogP contribution >= 0.6 is 46.9 Å². The van der Waals surface area contributed by atoms with Gasteiger partial charge in [-0.15, -0.1) is 11.3 Å². The number of hydrogen-bond acceptors (Lipinski definition) is 7. The molecule has 1 unspecified atom stereocenters. The molecule has 5 rings (SSSR count). The zero-order valence-electron chi connectivity index (χ0n) is 18.2. The summed E-state index contributed by atoms with van der Waals surface area (Å²) in [4.78, 5) is 28.1. The average Bonchev–Trinajstić information content (AvgIpc) is 3.51. The molecule has 1 atom stereocenters. The second kappa shape index (κ2) is 9.79. The Bertz CT molecular complexity index is 1330. The van der Waals surface area contributed by atoms with E-state index >= 15 is 0 Å². The summed E-state index contributed by atoms with van der Waals surface area (Å²) in [5, 5.41) is 1.25. The maximum Gasteiger partial charge on any atom is 0.355 e. The lowest BCUT2D eigenvalue weighted by Crippen LogP contribution is -2.35. The number of carbonyl (C=O) groups excluding carboxylic acids is 2. The average molecular weight is 530 g/mol. The predicted octanol–water partition coefficient (Wildman–Crippen LogP) is 6.46. The van der Waals surface area contributed by atoms with Gasteiger partial charge in [0.1, 0.15) is 14.9 Å². The molecule has 174 valence electrons. The highest BCUT2D eigenvalue weighted by molar-refractivity contribution is 8.26. The number of benzene rings is 2. The van der Waals surface area contributed by atoms with Crippen LogP contribution < -0.4 is 4.74 Å². The van der Waals surface area contributed by atoms with Crippen LogP contribution in [0, 0.1) is 6.92 Å². The number of fused-ring (bicyclic) bond motifs is 1. The molecule has 0 N–H and O–H groups in total. The van der Waals surface area contributed by atoms with Crippen molar-refractivity contribution in [3.8, 4) is 5.75 Å². The number of hydrogen-bond donors (Lipinski definition) is 0. The Balaban J connectivity index is 1.27. The number of ether oxygens (including phenoxy) is 2. The normalized spacial score (nSPS) is 19.5. The number of halogens is 1. The Kier molecular flexibility index (Phi) is 6.77. The molecule has 2 saturated heterocycles. The summed E-state index contributed by atoms with van der Waals surface area (Å²) >= 11 is 14.4. The van der Waals surface area contributed by atoms with Crippen molar-refractivity contribution in [3.05, 3.63) is 68.4 Å². The summed E-state index contributed by atoms with van der Waals surface area (Å²) in [5.41, 5.74) is 1.91. The number of rotatable bonds is 5. The molecule has 0 bridgehead atoms. The van der Waals surface area contributed by atoms with Crippen LogP contribution in [-0.2, 0) is 9.53 Å². The monoisotopic (exact) mass is 529 g/mol. The summed E-state index contributed by atoms with van der Waals surface area (Å²) in [6.07, 6.45) is 3.81. The number of nitrogens with zero attached hydrogens (tertiary/aromatic N) is 1. The lowest BCUT2D eigenvalue weighted by Gasteiger charge is -2.18. The highest BCUT2D eigenvalue weighted by Crippen LogP contribution is 2.37. The molecule has 9 heteroatoms. The molecule has 2 aromatic carbocycles. The first-order valence-electron chi connectivity index (χ1n) is 10.8. The molecule has 0 saturated carbocycles. The molecule has 0 aliphatic carbocycles. The maximum absolute atomic E-state index is 12.8. The van der Waals surface area contributed by atoms with Crippen molar-refractivity contribution in [1.29, 1.82) is 0 Å². The van der Waals surface area contributed by atoms with Gasteiger partial charge in [0.15, 0.2) is 0 Å². The van der Waals surface area contributed by atoms with Crippen LogP contribution in [0.1, 0.15) is 33.6 Å². The van der Waals surface area contributed by atoms with E-state index in [1.54, 1.807) is 35.2 Å². The fraction of sp³-hybridized carbons (Fsp3) is 0.240. The largest absolute Gasteiger partial charge is 0.422 e. The van der Waals surface area contributed by atoms with E-state index in [2.05, 4.69) is 0 Å². The van der Waals surface area contributed by atoms with Gasteiger partial charge in [-0.2, -0.15) is 0 Å². The summed E-state index contributed by atoms with van der Waals surface area (Å²) in [6.45, 7) is 3.23. The minimum absolute atomic E-state index is 0.0503. The van der Waals surface area contributed by atoms with E-state index in [-0.39, 0.29) is 12.0 Å². The van der Waals surface area contributed by atoms with E-state index in [1.165, 1.54) is 23.1 Å². The standard InChI is InChI=1S/C25H20ClNO4S3/c1-14-4-9-18-19(11-14)33-22(21(18)26)24(29)31-16-7-5-15(6-8-16)12-20-23(28)27(25(32)34-20)13-17-3-2-10-30-17/h4-9,11-12,17H,2-3,10,13H2,1H3/b20-12-. The molecule has 3 heterocycles. The number of esters is 1. The first-order valence-corrected chi connectivity index (χ1v) is 13.2. The summed E-state index contributed by atoms with van der Waals surface area (Å²) in [7, 11) is 0. The van der Waals surface area contributed by atoms with Crippen LogP contribution in [0.4, 0.5) is 0 Å². The van der Waals surface area contributed by atoms with E-state index in [4.69, 9.17) is 33.3 Å². The second-order valence-corrected chi connectivity index (χ2v) is 11.2. The van der Waals surface area contributed by atoms with Gasteiger partial charge in [0, 0.05) is 16.7 Å². The minimum atomic E-state index is -0.494. The van der Waals surface area contributed by atoms with Crippen molar-refractivity contribution >= 4 is 79.3 Å². The molecule has 5 nitrogen and oxygen atoms in total. The SMILES string of the molecule is Cc1ccc2c(Cl)c(C(=O)Oc3ccc(/C=C4\SC(=S)N(CC5CCCO5)C4=O)cc3)sc2c1. The van der Waals surface area contributed by atoms with Gasteiger partial charge in [-0.05, 0) is 55.2 Å². The molecule has 3 aromatic rings. The Morgan fingerprint density at radius 1 is 1.29 bits per heavy atom. The van der Waals surface area contributed by atoms with Gasteiger partial charge in [0.25, 0.3) is 5.91 Å². The second-order valence-electron chi connectivity index (χ2n) is 8.13. The van der Waals surface area contributed by atoms with Crippen LogP contribution in [0.2, 0.25) is 5.02 Å².